The Morgan fingerprint density at radius 3 is 1.69 bits per heavy atom. The van der Waals surface area contributed by atoms with Crippen molar-refractivity contribution in [3.63, 3.8) is 0 Å². The fourth-order valence-corrected chi connectivity index (χ4v) is 4.40. The first kappa shape index (κ1) is 33.6. The minimum absolute atomic E-state index is 0.212. The minimum Gasteiger partial charge on any atom is -0.494 e. The molecule has 0 saturated carbocycles. The Hall–Kier alpha value is -1.60. The predicted octanol–water partition coefficient (Wildman–Crippen LogP) is 7.93. The summed E-state index contributed by atoms with van der Waals surface area (Å²) < 4.78 is 38.1. The van der Waals surface area contributed by atoms with Crippen molar-refractivity contribution in [2.75, 3.05) is 39.6 Å². The Balaban J connectivity index is 2.33. The van der Waals surface area contributed by atoms with Gasteiger partial charge in [0.1, 0.15) is 35.9 Å². The maximum atomic E-state index is 6.60. The van der Waals surface area contributed by atoms with Crippen molar-refractivity contribution < 1.29 is 28.4 Å². The summed E-state index contributed by atoms with van der Waals surface area (Å²) >= 11 is 0. The van der Waals surface area contributed by atoms with E-state index in [9.17, 15) is 0 Å². The van der Waals surface area contributed by atoms with Crippen LogP contribution in [0.4, 0.5) is 0 Å². The van der Waals surface area contributed by atoms with E-state index in [0.29, 0.717) is 26.4 Å². The molecule has 0 aliphatic heterocycles. The fraction of sp³-hybridized carbons (Fsp3) is 0.758. The largest absolute Gasteiger partial charge is 0.494 e. The number of hydrogen-bond donors (Lipinski definition) is 0. The monoisotopic (exact) mass is 548 g/mol. The SMILES string of the molecule is CCCCOCC1=C[C@@H](Oc2ccc(OCCCC)cc2)[C@H](OCCCC)[C@@H](OCCCC)[C@@H]1OCCCC. The molecule has 1 aromatic rings. The molecule has 0 saturated heterocycles. The summed E-state index contributed by atoms with van der Waals surface area (Å²) in [7, 11) is 0. The first-order valence-corrected chi connectivity index (χ1v) is 15.7. The molecule has 1 aliphatic rings. The molecule has 0 radical (unpaired) electrons. The van der Waals surface area contributed by atoms with E-state index in [-0.39, 0.29) is 24.4 Å². The van der Waals surface area contributed by atoms with Gasteiger partial charge in [0.2, 0.25) is 0 Å². The third-order valence-corrected chi connectivity index (χ3v) is 6.87. The van der Waals surface area contributed by atoms with Crippen molar-refractivity contribution in [2.45, 2.75) is 123 Å². The Bertz CT molecular complexity index is 749. The number of unbranched alkanes of at least 4 members (excludes halogenated alkanes) is 5. The highest BCUT2D eigenvalue weighted by atomic mass is 16.6. The maximum Gasteiger partial charge on any atom is 0.146 e. The highest BCUT2D eigenvalue weighted by molar-refractivity contribution is 5.32. The molecule has 0 N–H and O–H groups in total. The quantitative estimate of drug-likeness (QED) is 0.102. The lowest BCUT2D eigenvalue weighted by molar-refractivity contribution is -0.159. The molecular weight excluding hydrogens is 492 g/mol. The molecule has 0 bridgehead atoms. The van der Waals surface area contributed by atoms with E-state index in [2.05, 4.69) is 40.7 Å². The topological polar surface area (TPSA) is 55.4 Å². The van der Waals surface area contributed by atoms with E-state index >= 15 is 0 Å². The lowest BCUT2D eigenvalue weighted by atomic mass is 9.88. The second-order valence-electron chi connectivity index (χ2n) is 10.4. The van der Waals surface area contributed by atoms with Crippen molar-refractivity contribution in [3.8, 4) is 11.5 Å². The van der Waals surface area contributed by atoms with Gasteiger partial charge in [0.05, 0.1) is 13.2 Å². The highest BCUT2D eigenvalue weighted by Gasteiger charge is 2.44. The Labute approximate surface area is 238 Å². The summed E-state index contributed by atoms with van der Waals surface area (Å²) in [5, 5.41) is 0. The fourth-order valence-electron chi connectivity index (χ4n) is 4.40. The summed E-state index contributed by atoms with van der Waals surface area (Å²) in [6.45, 7) is 14.9. The van der Waals surface area contributed by atoms with Crippen LogP contribution in [0.3, 0.4) is 0 Å². The molecule has 1 aliphatic carbocycles. The number of hydrogen-bond acceptors (Lipinski definition) is 6. The first-order valence-electron chi connectivity index (χ1n) is 15.7. The van der Waals surface area contributed by atoms with E-state index in [1.54, 1.807) is 0 Å². The van der Waals surface area contributed by atoms with Gasteiger partial charge < -0.3 is 28.4 Å². The summed E-state index contributed by atoms with van der Waals surface area (Å²) in [4.78, 5) is 0. The third kappa shape index (κ3) is 12.6. The second kappa shape index (κ2) is 21.2. The van der Waals surface area contributed by atoms with Crippen LogP contribution in [-0.2, 0) is 18.9 Å². The molecular formula is C33H56O6. The zero-order chi connectivity index (χ0) is 28.1. The molecule has 1 aromatic carbocycles. The molecule has 39 heavy (non-hydrogen) atoms. The van der Waals surface area contributed by atoms with E-state index in [4.69, 9.17) is 28.4 Å². The van der Waals surface area contributed by atoms with E-state index < -0.39 is 0 Å². The van der Waals surface area contributed by atoms with Crippen molar-refractivity contribution >= 4 is 0 Å². The molecule has 0 amide bonds. The maximum absolute atomic E-state index is 6.60. The van der Waals surface area contributed by atoms with Gasteiger partial charge in [-0.25, -0.2) is 0 Å². The predicted molar refractivity (Wildman–Crippen MR) is 159 cm³/mol. The van der Waals surface area contributed by atoms with Crippen LogP contribution >= 0.6 is 0 Å². The molecule has 2 rings (SSSR count). The van der Waals surface area contributed by atoms with Crippen molar-refractivity contribution in [1.82, 2.24) is 0 Å². The normalized spacial score (nSPS) is 21.1. The number of benzene rings is 1. The molecule has 224 valence electrons. The third-order valence-electron chi connectivity index (χ3n) is 6.87. The summed E-state index contributed by atoms with van der Waals surface area (Å²) in [6, 6.07) is 7.91. The van der Waals surface area contributed by atoms with Crippen LogP contribution in [0.25, 0.3) is 0 Å². The van der Waals surface area contributed by atoms with Crippen LogP contribution < -0.4 is 9.47 Å². The van der Waals surface area contributed by atoms with Gasteiger partial charge >= 0.3 is 0 Å². The van der Waals surface area contributed by atoms with Crippen LogP contribution in [0.1, 0.15) is 98.8 Å². The van der Waals surface area contributed by atoms with Crippen molar-refractivity contribution in [1.29, 1.82) is 0 Å². The van der Waals surface area contributed by atoms with Gasteiger partial charge in [0, 0.05) is 26.4 Å². The lowest BCUT2D eigenvalue weighted by Gasteiger charge is -2.41. The standard InChI is InChI=1S/C33H56O6/c1-6-11-20-34-26-27-25-30(39-29-18-16-28(17-19-29)35-21-12-7-2)32(37-23-14-9-4)33(38-24-15-10-5)31(27)36-22-13-8-3/h16-19,25,30-33H,6-15,20-24,26H2,1-5H3/t30-,31-,32+,33+/m1/s1. The Morgan fingerprint density at radius 2 is 1.08 bits per heavy atom. The van der Waals surface area contributed by atoms with Crippen LogP contribution in [0, 0.1) is 0 Å². The van der Waals surface area contributed by atoms with Crippen LogP contribution in [0.2, 0.25) is 0 Å². The van der Waals surface area contributed by atoms with E-state index in [1.165, 1.54) is 0 Å². The van der Waals surface area contributed by atoms with Crippen molar-refractivity contribution in [2.24, 2.45) is 0 Å². The second-order valence-corrected chi connectivity index (χ2v) is 10.4. The minimum atomic E-state index is -0.309. The zero-order valence-electron chi connectivity index (χ0n) is 25.5. The number of ether oxygens (including phenoxy) is 6. The average molecular weight is 549 g/mol. The first-order chi connectivity index (χ1) is 19.2. The van der Waals surface area contributed by atoms with Crippen LogP contribution in [0.5, 0.6) is 11.5 Å². The summed E-state index contributed by atoms with van der Waals surface area (Å²) in [5.74, 6) is 1.65. The molecule has 0 fully saturated rings. The van der Waals surface area contributed by atoms with Gasteiger partial charge in [-0.15, -0.1) is 0 Å². The van der Waals surface area contributed by atoms with Crippen LogP contribution in [-0.4, -0.2) is 64.1 Å². The Kier molecular flexibility index (Phi) is 18.3. The smallest absolute Gasteiger partial charge is 0.146 e. The molecule has 6 heteroatoms. The highest BCUT2D eigenvalue weighted by Crippen LogP contribution is 2.32. The van der Waals surface area contributed by atoms with Crippen LogP contribution in [0.15, 0.2) is 35.9 Å². The molecule has 0 spiro atoms. The molecule has 0 aromatic heterocycles. The van der Waals surface area contributed by atoms with Gasteiger partial charge in [0.25, 0.3) is 0 Å². The molecule has 4 atom stereocenters. The van der Waals surface area contributed by atoms with Gasteiger partial charge in [-0.3, -0.25) is 0 Å². The lowest BCUT2D eigenvalue weighted by Crippen LogP contribution is -2.54. The average Bonchev–Trinajstić information content (AvgIpc) is 2.95. The zero-order valence-corrected chi connectivity index (χ0v) is 25.5. The van der Waals surface area contributed by atoms with Gasteiger partial charge in [-0.1, -0.05) is 66.7 Å². The van der Waals surface area contributed by atoms with Gasteiger partial charge in [0.15, 0.2) is 0 Å². The molecule has 0 unspecified atom stereocenters. The summed E-state index contributed by atoms with van der Waals surface area (Å²) in [5.41, 5.74) is 1.09. The van der Waals surface area contributed by atoms with E-state index in [1.807, 2.05) is 24.3 Å². The van der Waals surface area contributed by atoms with Gasteiger partial charge in [-0.2, -0.15) is 0 Å². The molecule has 6 nitrogen and oxygen atoms in total. The Morgan fingerprint density at radius 1 is 0.564 bits per heavy atom. The molecule has 0 heterocycles. The van der Waals surface area contributed by atoms with Gasteiger partial charge in [-0.05, 0) is 68.0 Å². The van der Waals surface area contributed by atoms with E-state index in [0.717, 1.165) is 94.5 Å². The van der Waals surface area contributed by atoms with Crippen molar-refractivity contribution in [3.05, 3.63) is 35.9 Å². The summed E-state index contributed by atoms with van der Waals surface area (Å²) in [6.07, 6.45) is 11.6. The number of rotatable bonds is 23.